The van der Waals surface area contributed by atoms with Gasteiger partial charge in [-0.2, -0.15) is 23.5 Å². The minimum Gasteiger partial charge on any atom is -0.323 e. The van der Waals surface area contributed by atoms with Gasteiger partial charge < -0.3 is 5.73 Å². The molecular weight excluding hydrogens is 258 g/mol. The van der Waals surface area contributed by atoms with E-state index in [0.717, 1.165) is 5.92 Å². The van der Waals surface area contributed by atoms with Crippen molar-refractivity contribution in [2.24, 2.45) is 5.73 Å². The number of nitrogens with two attached hydrogens (primary N) is 1. The van der Waals surface area contributed by atoms with Crippen LogP contribution >= 0.6 is 23.5 Å². The van der Waals surface area contributed by atoms with Gasteiger partial charge in [0.2, 0.25) is 0 Å². The Labute approximate surface area is 118 Å². The molecule has 0 spiro atoms. The largest absolute Gasteiger partial charge is 0.323 e. The highest BCUT2D eigenvalue weighted by atomic mass is 32.2. The zero-order valence-electron chi connectivity index (χ0n) is 10.7. The molecule has 0 aromatic heterocycles. The summed E-state index contributed by atoms with van der Waals surface area (Å²) in [6, 6.07) is 9.34. The molecule has 3 rings (SSSR count). The molecule has 3 heteroatoms. The van der Waals surface area contributed by atoms with E-state index in [9.17, 15) is 0 Å². The average molecular weight is 279 g/mol. The highest BCUT2D eigenvalue weighted by Crippen LogP contribution is 2.37. The lowest BCUT2D eigenvalue weighted by atomic mass is 9.80. The van der Waals surface area contributed by atoms with E-state index in [4.69, 9.17) is 5.73 Å². The fourth-order valence-electron chi connectivity index (χ4n) is 2.66. The normalized spacial score (nSPS) is 26.6. The lowest BCUT2D eigenvalue weighted by molar-refractivity contribution is 0.419. The third kappa shape index (κ3) is 2.73. The van der Waals surface area contributed by atoms with Crippen LogP contribution in [-0.4, -0.2) is 22.5 Å². The van der Waals surface area contributed by atoms with Crippen LogP contribution in [0.4, 0.5) is 0 Å². The van der Waals surface area contributed by atoms with Gasteiger partial charge in [-0.05, 0) is 29.9 Å². The molecule has 2 unspecified atom stereocenters. The van der Waals surface area contributed by atoms with Crippen LogP contribution < -0.4 is 5.73 Å². The van der Waals surface area contributed by atoms with Gasteiger partial charge in [0.25, 0.3) is 0 Å². The van der Waals surface area contributed by atoms with Crippen LogP contribution in [0, 0.1) is 0 Å². The minimum atomic E-state index is 0.207. The maximum absolute atomic E-state index is 6.41. The molecule has 0 bridgehead atoms. The van der Waals surface area contributed by atoms with Crippen molar-refractivity contribution in [2.75, 3.05) is 17.3 Å². The third-order valence-electron chi connectivity index (χ3n) is 4.14. The molecule has 0 amide bonds. The molecule has 2 atom stereocenters. The van der Waals surface area contributed by atoms with Gasteiger partial charge in [-0.15, -0.1) is 0 Å². The summed E-state index contributed by atoms with van der Waals surface area (Å²) in [6.07, 6.45) is 4.16. The van der Waals surface area contributed by atoms with E-state index >= 15 is 0 Å². The van der Waals surface area contributed by atoms with E-state index in [0.29, 0.717) is 5.25 Å². The lowest BCUT2D eigenvalue weighted by Gasteiger charge is -2.28. The summed E-state index contributed by atoms with van der Waals surface area (Å²) in [5.41, 5.74) is 9.24. The highest BCUT2D eigenvalue weighted by Gasteiger charge is 2.24. The van der Waals surface area contributed by atoms with Gasteiger partial charge in [0.05, 0.1) is 0 Å². The molecule has 0 radical (unpaired) electrons. The zero-order valence-corrected chi connectivity index (χ0v) is 12.3. The molecule has 1 saturated carbocycles. The van der Waals surface area contributed by atoms with E-state index in [1.807, 2.05) is 23.5 Å². The Kier molecular flexibility index (Phi) is 4.22. The van der Waals surface area contributed by atoms with Crippen LogP contribution in [-0.2, 0) is 0 Å². The first-order valence-corrected chi connectivity index (χ1v) is 9.10. The van der Waals surface area contributed by atoms with Crippen molar-refractivity contribution in [3.63, 3.8) is 0 Å². The van der Waals surface area contributed by atoms with Crippen LogP contribution in [0.3, 0.4) is 0 Å². The summed E-state index contributed by atoms with van der Waals surface area (Å²) in [6.45, 7) is 0. The van der Waals surface area contributed by atoms with Gasteiger partial charge in [-0.1, -0.05) is 30.7 Å². The standard InChI is InChI=1S/C15H21NS2/c16-15(14-10-17-8-9-18-14)13-6-4-12(5-7-13)11-2-1-3-11/h4-7,11,14-15H,1-3,8-10,16H2. The fraction of sp³-hybridized carbons (Fsp3) is 0.600. The minimum absolute atomic E-state index is 0.207. The van der Waals surface area contributed by atoms with Crippen molar-refractivity contribution in [1.29, 1.82) is 0 Å². The molecule has 1 saturated heterocycles. The van der Waals surface area contributed by atoms with Crippen LogP contribution in [0.1, 0.15) is 42.3 Å². The van der Waals surface area contributed by atoms with Gasteiger partial charge >= 0.3 is 0 Å². The van der Waals surface area contributed by atoms with E-state index in [2.05, 4.69) is 24.3 Å². The van der Waals surface area contributed by atoms with Gasteiger partial charge in [0, 0.05) is 28.6 Å². The van der Waals surface area contributed by atoms with Gasteiger partial charge in [-0.3, -0.25) is 0 Å². The molecule has 2 aliphatic rings. The predicted octanol–water partition coefficient (Wildman–Crippen LogP) is 3.80. The Morgan fingerprint density at radius 1 is 1.11 bits per heavy atom. The molecule has 1 aliphatic heterocycles. The number of rotatable bonds is 3. The Balaban J connectivity index is 1.67. The number of thioether (sulfide) groups is 2. The number of hydrogen-bond acceptors (Lipinski definition) is 3. The Morgan fingerprint density at radius 3 is 2.44 bits per heavy atom. The van der Waals surface area contributed by atoms with Crippen LogP contribution in [0.15, 0.2) is 24.3 Å². The number of hydrogen-bond donors (Lipinski definition) is 1. The van der Waals surface area contributed by atoms with E-state index in [1.165, 1.54) is 47.6 Å². The summed E-state index contributed by atoms with van der Waals surface area (Å²) in [5.74, 6) is 4.57. The van der Waals surface area contributed by atoms with E-state index in [-0.39, 0.29) is 6.04 Å². The Hall–Kier alpha value is -0.120. The van der Waals surface area contributed by atoms with Crippen molar-refractivity contribution in [1.82, 2.24) is 0 Å². The molecule has 1 aliphatic carbocycles. The molecule has 1 aromatic rings. The quantitative estimate of drug-likeness (QED) is 0.911. The molecule has 18 heavy (non-hydrogen) atoms. The summed E-state index contributed by atoms with van der Waals surface area (Å²) in [7, 11) is 0. The summed E-state index contributed by atoms with van der Waals surface area (Å²) in [5, 5.41) is 0.596. The maximum atomic E-state index is 6.41. The molecule has 1 aromatic carbocycles. The van der Waals surface area contributed by atoms with Crippen LogP contribution in [0.25, 0.3) is 0 Å². The first kappa shape index (κ1) is 12.9. The van der Waals surface area contributed by atoms with Gasteiger partial charge in [-0.25, -0.2) is 0 Å². The first-order chi connectivity index (χ1) is 8.84. The monoisotopic (exact) mass is 279 g/mol. The number of benzene rings is 1. The van der Waals surface area contributed by atoms with Crippen molar-refractivity contribution in [2.45, 2.75) is 36.5 Å². The second-order valence-corrected chi connectivity index (χ2v) is 7.80. The van der Waals surface area contributed by atoms with Crippen molar-refractivity contribution >= 4 is 23.5 Å². The zero-order chi connectivity index (χ0) is 12.4. The highest BCUT2D eigenvalue weighted by molar-refractivity contribution is 8.06. The average Bonchev–Trinajstić information content (AvgIpc) is 2.38. The summed E-state index contributed by atoms with van der Waals surface area (Å²) < 4.78 is 0. The Bertz CT molecular complexity index is 380. The van der Waals surface area contributed by atoms with Gasteiger partial charge in [0.15, 0.2) is 0 Å². The lowest BCUT2D eigenvalue weighted by Crippen LogP contribution is -2.28. The molecule has 2 N–H and O–H groups in total. The van der Waals surface area contributed by atoms with E-state index < -0.39 is 0 Å². The van der Waals surface area contributed by atoms with Gasteiger partial charge in [0.1, 0.15) is 0 Å². The molecule has 1 heterocycles. The molecule has 2 fully saturated rings. The van der Waals surface area contributed by atoms with E-state index in [1.54, 1.807) is 0 Å². The topological polar surface area (TPSA) is 26.0 Å². The second kappa shape index (κ2) is 5.89. The fourth-order valence-corrected chi connectivity index (χ4v) is 5.46. The summed E-state index contributed by atoms with van der Waals surface area (Å²) in [4.78, 5) is 0. The molecule has 1 nitrogen and oxygen atoms in total. The van der Waals surface area contributed by atoms with Crippen molar-refractivity contribution < 1.29 is 0 Å². The first-order valence-electron chi connectivity index (χ1n) is 6.89. The summed E-state index contributed by atoms with van der Waals surface area (Å²) >= 11 is 4.09. The maximum Gasteiger partial charge on any atom is 0.0423 e. The van der Waals surface area contributed by atoms with Crippen LogP contribution in [0.2, 0.25) is 0 Å². The molecular formula is C15H21NS2. The van der Waals surface area contributed by atoms with Crippen molar-refractivity contribution in [3.05, 3.63) is 35.4 Å². The van der Waals surface area contributed by atoms with Crippen molar-refractivity contribution in [3.8, 4) is 0 Å². The SMILES string of the molecule is NC(c1ccc(C2CCC2)cc1)C1CSCCS1. The second-order valence-electron chi connectivity index (χ2n) is 5.30. The third-order valence-corrected chi connectivity index (χ3v) is 7.03. The smallest absolute Gasteiger partial charge is 0.0423 e. The predicted molar refractivity (Wildman–Crippen MR) is 83.5 cm³/mol. The Morgan fingerprint density at radius 2 is 1.89 bits per heavy atom. The van der Waals surface area contributed by atoms with Crippen LogP contribution in [0.5, 0.6) is 0 Å². The molecule has 98 valence electrons.